The van der Waals surface area contributed by atoms with E-state index in [1.54, 1.807) is 19.3 Å². The summed E-state index contributed by atoms with van der Waals surface area (Å²) in [5, 5.41) is 0. The van der Waals surface area contributed by atoms with Gasteiger partial charge in [0.2, 0.25) is 0 Å². The summed E-state index contributed by atoms with van der Waals surface area (Å²) in [6.45, 7) is 5.75. The van der Waals surface area contributed by atoms with E-state index in [-0.39, 0.29) is 0 Å². The van der Waals surface area contributed by atoms with Crippen molar-refractivity contribution in [3.05, 3.63) is 36.5 Å². The Kier molecular flexibility index (Phi) is 6.30. The van der Waals surface area contributed by atoms with E-state index in [1.807, 2.05) is 18.2 Å². The summed E-state index contributed by atoms with van der Waals surface area (Å²) >= 11 is 0. The Hall–Kier alpha value is -1.11. The van der Waals surface area contributed by atoms with Crippen molar-refractivity contribution < 1.29 is 0 Å². The molecule has 0 spiro atoms. The van der Waals surface area contributed by atoms with Crippen molar-refractivity contribution in [2.75, 3.05) is 7.05 Å². The largest absolute Gasteiger partial charge is 0.297 e. The molecule has 60 valence electrons. The molecule has 0 heterocycles. The second-order valence-electron chi connectivity index (χ2n) is 2.10. The van der Waals surface area contributed by atoms with E-state index >= 15 is 0 Å². The Bertz CT molecular complexity index is 185. The van der Waals surface area contributed by atoms with Gasteiger partial charge in [0.15, 0.2) is 0 Å². The molecule has 0 atom stereocenters. The van der Waals surface area contributed by atoms with Crippen LogP contribution in [0.5, 0.6) is 0 Å². The molecule has 0 aliphatic heterocycles. The summed E-state index contributed by atoms with van der Waals surface area (Å²) in [5.41, 5.74) is 1.26. The van der Waals surface area contributed by atoms with Crippen LogP contribution in [0.3, 0.4) is 0 Å². The molecular formula is C10H15N. The first kappa shape index (κ1) is 9.89. The van der Waals surface area contributed by atoms with Gasteiger partial charge in [-0.3, -0.25) is 4.99 Å². The highest BCUT2D eigenvalue weighted by atomic mass is 14.6. The van der Waals surface area contributed by atoms with Gasteiger partial charge in [-0.1, -0.05) is 31.7 Å². The molecule has 11 heavy (non-hydrogen) atoms. The molecule has 0 radical (unpaired) electrons. The fourth-order valence-electron chi connectivity index (χ4n) is 0.695. The van der Waals surface area contributed by atoms with E-state index in [9.17, 15) is 0 Å². The van der Waals surface area contributed by atoms with E-state index in [2.05, 4.69) is 18.5 Å². The third kappa shape index (κ3) is 5.34. The second-order valence-corrected chi connectivity index (χ2v) is 2.10. The van der Waals surface area contributed by atoms with Crippen LogP contribution in [0.15, 0.2) is 41.4 Å². The van der Waals surface area contributed by atoms with Crippen molar-refractivity contribution in [3.63, 3.8) is 0 Å². The Morgan fingerprint density at radius 1 is 1.55 bits per heavy atom. The van der Waals surface area contributed by atoms with Crippen LogP contribution >= 0.6 is 0 Å². The Balaban J connectivity index is 4.07. The third-order valence-corrected chi connectivity index (χ3v) is 1.29. The van der Waals surface area contributed by atoms with Gasteiger partial charge in [0.05, 0.1) is 0 Å². The van der Waals surface area contributed by atoms with Crippen molar-refractivity contribution in [1.29, 1.82) is 0 Å². The number of nitrogens with zero attached hydrogens (tertiary/aromatic N) is 1. The molecule has 0 saturated carbocycles. The van der Waals surface area contributed by atoms with Gasteiger partial charge in [0.25, 0.3) is 0 Å². The van der Waals surface area contributed by atoms with Gasteiger partial charge in [-0.25, -0.2) is 0 Å². The molecule has 0 aromatic rings. The van der Waals surface area contributed by atoms with Gasteiger partial charge in [-0.15, -0.1) is 0 Å². The zero-order valence-electron chi connectivity index (χ0n) is 7.25. The highest BCUT2D eigenvalue weighted by Crippen LogP contribution is 2.01. The van der Waals surface area contributed by atoms with Crippen molar-refractivity contribution >= 4 is 6.21 Å². The van der Waals surface area contributed by atoms with E-state index in [0.717, 1.165) is 6.42 Å². The normalized spacial score (nSPS) is 13.1. The summed E-state index contributed by atoms with van der Waals surface area (Å²) in [6.07, 6.45) is 10.6. The molecule has 0 unspecified atom stereocenters. The molecule has 0 fully saturated rings. The monoisotopic (exact) mass is 149 g/mol. The molecule has 0 aliphatic rings. The summed E-state index contributed by atoms with van der Waals surface area (Å²) in [5.74, 6) is 0. The average molecular weight is 149 g/mol. The van der Waals surface area contributed by atoms with E-state index in [1.165, 1.54) is 5.57 Å². The van der Waals surface area contributed by atoms with Gasteiger partial charge in [0, 0.05) is 13.3 Å². The quantitative estimate of drug-likeness (QED) is 0.430. The number of aliphatic imine (C=N–C) groups is 1. The SMILES string of the molecule is C=C/C=C(/C=C\C=NC)CC. The molecule has 1 nitrogen and oxygen atoms in total. The van der Waals surface area contributed by atoms with Gasteiger partial charge >= 0.3 is 0 Å². The predicted molar refractivity (Wildman–Crippen MR) is 52.1 cm³/mol. The van der Waals surface area contributed by atoms with Crippen LogP contribution in [0.1, 0.15) is 13.3 Å². The third-order valence-electron chi connectivity index (χ3n) is 1.29. The molecule has 0 bridgehead atoms. The molecule has 0 aromatic carbocycles. The van der Waals surface area contributed by atoms with Crippen LogP contribution in [-0.4, -0.2) is 13.3 Å². The first-order chi connectivity index (χ1) is 5.35. The van der Waals surface area contributed by atoms with Crippen LogP contribution in [0, 0.1) is 0 Å². The lowest BCUT2D eigenvalue weighted by Crippen LogP contribution is -1.73. The van der Waals surface area contributed by atoms with Crippen LogP contribution in [0.25, 0.3) is 0 Å². The lowest BCUT2D eigenvalue weighted by molar-refractivity contribution is 1.15. The van der Waals surface area contributed by atoms with E-state index in [0.29, 0.717) is 0 Å². The van der Waals surface area contributed by atoms with Crippen LogP contribution in [0.4, 0.5) is 0 Å². The zero-order chi connectivity index (χ0) is 8.53. The highest BCUT2D eigenvalue weighted by Gasteiger charge is 1.82. The number of rotatable bonds is 4. The molecule has 0 amide bonds. The fourth-order valence-corrected chi connectivity index (χ4v) is 0.695. The smallest absolute Gasteiger partial charge is 0.0277 e. The minimum Gasteiger partial charge on any atom is -0.297 e. The van der Waals surface area contributed by atoms with E-state index < -0.39 is 0 Å². The lowest BCUT2D eigenvalue weighted by atomic mass is 10.2. The Morgan fingerprint density at radius 3 is 2.73 bits per heavy atom. The van der Waals surface area contributed by atoms with Gasteiger partial charge in [-0.05, 0) is 18.1 Å². The predicted octanol–water partition coefficient (Wildman–Crippen LogP) is 2.77. The van der Waals surface area contributed by atoms with Crippen molar-refractivity contribution in [2.24, 2.45) is 4.99 Å². The minimum atomic E-state index is 1.03. The van der Waals surface area contributed by atoms with Crippen molar-refractivity contribution in [1.82, 2.24) is 0 Å². The van der Waals surface area contributed by atoms with Gasteiger partial charge in [0.1, 0.15) is 0 Å². The highest BCUT2D eigenvalue weighted by molar-refractivity contribution is 5.71. The first-order valence-corrected chi connectivity index (χ1v) is 3.75. The molecule has 0 saturated heterocycles. The summed E-state index contributed by atoms with van der Waals surface area (Å²) in [6, 6.07) is 0. The maximum atomic E-state index is 3.84. The minimum absolute atomic E-state index is 1.03. The standard InChI is InChI=1S/C10H15N/c1-4-7-10(5-2)8-6-9-11-3/h4,6-9H,1,5H2,2-3H3/b8-6-,10-7+,11-9?. The maximum Gasteiger partial charge on any atom is 0.0277 e. The maximum absolute atomic E-state index is 3.84. The van der Waals surface area contributed by atoms with Crippen LogP contribution in [0.2, 0.25) is 0 Å². The zero-order valence-corrected chi connectivity index (χ0v) is 7.25. The van der Waals surface area contributed by atoms with Crippen molar-refractivity contribution in [3.8, 4) is 0 Å². The number of hydrogen-bond acceptors (Lipinski definition) is 1. The van der Waals surface area contributed by atoms with Crippen molar-refractivity contribution in [2.45, 2.75) is 13.3 Å². The van der Waals surface area contributed by atoms with Crippen LogP contribution < -0.4 is 0 Å². The van der Waals surface area contributed by atoms with E-state index in [4.69, 9.17) is 0 Å². The second kappa shape index (κ2) is 7.00. The number of hydrogen-bond donors (Lipinski definition) is 0. The van der Waals surface area contributed by atoms with Gasteiger partial charge in [-0.2, -0.15) is 0 Å². The summed E-state index contributed by atoms with van der Waals surface area (Å²) < 4.78 is 0. The average Bonchev–Trinajstić information content (AvgIpc) is 2.03. The molecule has 0 aromatic heterocycles. The fraction of sp³-hybridized carbons (Fsp3) is 0.300. The molecule has 0 N–H and O–H groups in total. The van der Waals surface area contributed by atoms with Crippen LogP contribution in [-0.2, 0) is 0 Å². The topological polar surface area (TPSA) is 12.4 Å². The molecular weight excluding hydrogens is 134 g/mol. The summed E-state index contributed by atoms with van der Waals surface area (Å²) in [4.78, 5) is 3.84. The lowest BCUT2D eigenvalue weighted by Gasteiger charge is -1.91. The first-order valence-electron chi connectivity index (χ1n) is 3.75. The Morgan fingerprint density at radius 2 is 2.27 bits per heavy atom. The molecule has 0 rings (SSSR count). The van der Waals surface area contributed by atoms with Gasteiger partial charge < -0.3 is 0 Å². The molecule has 0 aliphatic carbocycles. The number of allylic oxidation sites excluding steroid dienone is 5. The molecule has 1 heteroatoms. The Labute approximate surface area is 68.9 Å². The summed E-state index contributed by atoms with van der Waals surface area (Å²) in [7, 11) is 1.76.